The van der Waals surface area contributed by atoms with E-state index in [0.717, 1.165) is 24.2 Å². The van der Waals surface area contributed by atoms with E-state index >= 15 is 0 Å². The van der Waals surface area contributed by atoms with Crippen molar-refractivity contribution in [2.75, 3.05) is 6.54 Å². The molecule has 27 heavy (non-hydrogen) atoms. The molecule has 1 aliphatic rings. The molecule has 0 saturated carbocycles. The van der Waals surface area contributed by atoms with Crippen molar-refractivity contribution in [2.45, 2.75) is 26.3 Å². The number of hydrogen-bond acceptors (Lipinski definition) is 3. The lowest BCUT2D eigenvalue weighted by molar-refractivity contribution is 0.102. The average Bonchev–Trinajstić information content (AvgIpc) is 2.67. The minimum atomic E-state index is -0.434. The maximum atomic E-state index is 13.4. The molecule has 2 aromatic rings. The van der Waals surface area contributed by atoms with Crippen molar-refractivity contribution in [1.29, 1.82) is 0 Å². The zero-order chi connectivity index (χ0) is 19.6. The van der Waals surface area contributed by atoms with Gasteiger partial charge in [-0.1, -0.05) is 54.9 Å². The van der Waals surface area contributed by atoms with Crippen LogP contribution in [0.5, 0.6) is 5.75 Å². The van der Waals surface area contributed by atoms with E-state index in [-0.39, 0.29) is 16.6 Å². The Hall–Kier alpha value is -2.37. The van der Waals surface area contributed by atoms with Crippen LogP contribution >= 0.6 is 23.8 Å². The lowest BCUT2D eigenvalue weighted by Gasteiger charge is -2.38. The average molecular weight is 401 g/mol. The SMILES string of the molecule is CCCN1C(=S)NC(c2ccc(O)c(Cl)c2)C(C(=O)c2ccccc2)=C1C. The maximum Gasteiger partial charge on any atom is 0.193 e. The van der Waals surface area contributed by atoms with E-state index in [1.54, 1.807) is 24.3 Å². The number of phenols is 1. The fourth-order valence-corrected chi connectivity index (χ4v) is 3.80. The number of thiocarbonyl (C=S) groups is 1. The number of nitrogens with zero attached hydrogens (tertiary/aromatic N) is 1. The first kappa shape index (κ1) is 19.4. The van der Waals surface area contributed by atoms with E-state index in [2.05, 4.69) is 12.2 Å². The highest BCUT2D eigenvalue weighted by Gasteiger charge is 2.34. The number of rotatable bonds is 5. The molecule has 0 fully saturated rings. The summed E-state index contributed by atoms with van der Waals surface area (Å²) < 4.78 is 0. The minimum absolute atomic E-state index is 0.00282. The normalized spacial score (nSPS) is 17.1. The Kier molecular flexibility index (Phi) is 5.82. The Balaban J connectivity index is 2.14. The number of aromatic hydroxyl groups is 1. The van der Waals surface area contributed by atoms with Crippen LogP contribution in [0.2, 0.25) is 5.02 Å². The third-order valence-electron chi connectivity index (χ3n) is 4.63. The Bertz CT molecular complexity index is 912. The molecule has 0 spiro atoms. The lowest BCUT2D eigenvalue weighted by atomic mass is 9.89. The molecule has 1 unspecified atom stereocenters. The van der Waals surface area contributed by atoms with Gasteiger partial charge in [0.15, 0.2) is 10.9 Å². The van der Waals surface area contributed by atoms with Crippen LogP contribution in [-0.2, 0) is 0 Å². The summed E-state index contributed by atoms with van der Waals surface area (Å²) in [5.74, 6) is -0.0542. The predicted octanol–water partition coefficient (Wildman–Crippen LogP) is 4.84. The number of ketones is 1. The molecule has 0 saturated heterocycles. The Morgan fingerprint density at radius 3 is 2.59 bits per heavy atom. The molecular formula is C21H21ClN2O2S. The van der Waals surface area contributed by atoms with Crippen LogP contribution in [0.15, 0.2) is 59.8 Å². The lowest BCUT2D eigenvalue weighted by Crippen LogP contribution is -2.47. The van der Waals surface area contributed by atoms with Crippen molar-refractivity contribution in [3.8, 4) is 5.75 Å². The van der Waals surface area contributed by atoms with Crippen LogP contribution < -0.4 is 5.32 Å². The minimum Gasteiger partial charge on any atom is -0.506 e. The second-order valence-electron chi connectivity index (χ2n) is 6.44. The first-order valence-electron chi connectivity index (χ1n) is 8.81. The summed E-state index contributed by atoms with van der Waals surface area (Å²) in [7, 11) is 0. The molecule has 3 rings (SSSR count). The zero-order valence-corrected chi connectivity index (χ0v) is 16.8. The van der Waals surface area contributed by atoms with Crippen LogP contribution in [0, 0.1) is 0 Å². The molecule has 140 valence electrons. The highest BCUT2D eigenvalue weighted by atomic mass is 35.5. The summed E-state index contributed by atoms with van der Waals surface area (Å²) in [4.78, 5) is 15.3. The molecule has 2 aromatic carbocycles. The summed E-state index contributed by atoms with van der Waals surface area (Å²) in [5.41, 5.74) is 2.86. The molecule has 1 heterocycles. The summed E-state index contributed by atoms with van der Waals surface area (Å²) >= 11 is 11.7. The standard InChI is InChI=1S/C21H21ClN2O2S/c1-3-11-24-13(2)18(20(26)14-7-5-4-6-8-14)19(23-21(24)27)15-9-10-17(25)16(22)12-15/h4-10,12,19,25H,3,11H2,1-2H3,(H,23,27). The number of carbonyl (C=O) groups is 1. The molecule has 1 aliphatic heterocycles. The third kappa shape index (κ3) is 3.84. The largest absolute Gasteiger partial charge is 0.506 e. The van der Waals surface area contributed by atoms with Gasteiger partial charge < -0.3 is 15.3 Å². The molecular weight excluding hydrogens is 380 g/mol. The number of benzene rings is 2. The molecule has 2 N–H and O–H groups in total. The monoisotopic (exact) mass is 400 g/mol. The van der Waals surface area contributed by atoms with Crippen molar-refractivity contribution in [2.24, 2.45) is 0 Å². The van der Waals surface area contributed by atoms with Gasteiger partial charge in [0.25, 0.3) is 0 Å². The summed E-state index contributed by atoms with van der Waals surface area (Å²) in [6, 6.07) is 13.7. The van der Waals surface area contributed by atoms with Crippen molar-refractivity contribution in [3.63, 3.8) is 0 Å². The molecule has 0 aromatic heterocycles. The zero-order valence-electron chi connectivity index (χ0n) is 15.2. The number of nitrogens with one attached hydrogen (secondary N) is 1. The second-order valence-corrected chi connectivity index (χ2v) is 7.23. The Morgan fingerprint density at radius 1 is 1.26 bits per heavy atom. The molecule has 0 bridgehead atoms. The number of hydrogen-bond donors (Lipinski definition) is 2. The van der Waals surface area contributed by atoms with Crippen molar-refractivity contribution >= 4 is 34.7 Å². The molecule has 0 radical (unpaired) electrons. The highest BCUT2D eigenvalue weighted by Crippen LogP contribution is 2.35. The fourth-order valence-electron chi connectivity index (χ4n) is 3.27. The van der Waals surface area contributed by atoms with Crippen LogP contribution in [-0.4, -0.2) is 27.4 Å². The van der Waals surface area contributed by atoms with Crippen LogP contribution in [0.4, 0.5) is 0 Å². The third-order valence-corrected chi connectivity index (χ3v) is 5.27. The molecule has 0 amide bonds. The Labute approximate surface area is 169 Å². The summed E-state index contributed by atoms with van der Waals surface area (Å²) in [5, 5.41) is 13.8. The van der Waals surface area contributed by atoms with Gasteiger partial charge in [-0.2, -0.15) is 0 Å². The van der Waals surface area contributed by atoms with Gasteiger partial charge in [-0.15, -0.1) is 0 Å². The van der Waals surface area contributed by atoms with Crippen LogP contribution in [0.1, 0.15) is 42.2 Å². The number of allylic oxidation sites excluding steroid dienone is 1. The van der Waals surface area contributed by atoms with E-state index in [0.29, 0.717) is 16.2 Å². The van der Waals surface area contributed by atoms with Crippen LogP contribution in [0.3, 0.4) is 0 Å². The summed E-state index contributed by atoms with van der Waals surface area (Å²) in [6.45, 7) is 4.72. The first-order valence-corrected chi connectivity index (χ1v) is 9.59. The van der Waals surface area contributed by atoms with Crippen molar-refractivity contribution in [3.05, 3.63) is 76.0 Å². The maximum absolute atomic E-state index is 13.4. The van der Waals surface area contributed by atoms with Crippen molar-refractivity contribution < 1.29 is 9.90 Å². The first-order chi connectivity index (χ1) is 12.9. The van der Waals surface area contributed by atoms with Gasteiger partial charge in [0.2, 0.25) is 0 Å². The van der Waals surface area contributed by atoms with E-state index in [1.165, 1.54) is 6.07 Å². The van der Waals surface area contributed by atoms with Gasteiger partial charge in [0.1, 0.15) is 5.75 Å². The fraction of sp³-hybridized carbons (Fsp3) is 0.238. The van der Waals surface area contributed by atoms with Crippen LogP contribution in [0.25, 0.3) is 0 Å². The molecule has 0 aliphatic carbocycles. The highest BCUT2D eigenvalue weighted by molar-refractivity contribution is 7.80. The second kappa shape index (κ2) is 8.11. The van der Waals surface area contributed by atoms with E-state index in [4.69, 9.17) is 23.8 Å². The smallest absolute Gasteiger partial charge is 0.193 e. The number of Topliss-reactive ketones (excluding diaryl/α,β-unsaturated/α-hetero) is 1. The van der Waals surface area contributed by atoms with E-state index in [1.807, 2.05) is 30.0 Å². The quantitative estimate of drug-likeness (QED) is 0.555. The number of halogens is 1. The molecule has 1 atom stereocenters. The van der Waals surface area contributed by atoms with Gasteiger partial charge in [-0.05, 0) is 43.3 Å². The van der Waals surface area contributed by atoms with Gasteiger partial charge in [-0.25, -0.2) is 0 Å². The molecule has 4 nitrogen and oxygen atoms in total. The topological polar surface area (TPSA) is 52.6 Å². The van der Waals surface area contributed by atoms with Crippen molar-refractivity contribution in [1.82, 2.24) is 10.2 Å². The van der Waals surface area contributed by atoms with Gasteiger partial charge >= 0.3 is 0 Å². The van der Waals surface area contributed by atoms with E-state index in [9.17, 15) is 9.90 Å². The van der Waals surface area contributed by atoms with Gasteiger partial charge in [-0.3, -0.25) is 4.79 Å². The van der Waals surface area contributed by atoms with Gasteiger partial charge in [0, 0.05) is 23.4 Å². The number of carbonyl (C=O) groups excluding carboxylic acids is 1. The summed E-state index contributed by atoms with van der Waals surface area (Å²) in [6.07, 6.45) is 0.904. The molecule has 6 heteroatoms. The number of phenolic OH excluding ortho intramolecular Hbond substituents is 1. The Morgan fingerprint density at radius 2 is 1.96 bits per heavy atom. The van der Waals surface area contributed by atoms with E-state index < -0.39 is 6.04 Å². The predicted molar refractivity (Wildman–Crippen MR) is 112 cm³/mol. The van der Waals surface area contributed by atoms with Gasteiger partial charge in [0.05, 0.1) is 11.1 Å².